The molecule has 1 unspecified atom stereocenters. The van der Waals surface area contributed by atoms with Crippen LogP contribution in [-0.2, 0) is 9.47 Å². The summed E-state index contributed by atoms with van der Waals surface area (Å²) in [5.74, 6) is -0.748. The molecule has 0 aliphatic carbocycles. The van der Waals surface area contributed by atoms with E-state index < -0.39 is 27.2 Å². The van der Waals surface area contributed by atoms with E-state index in [4.69, 9.17) is 0 Å². The van der Waals surface area contributed by atoms with E-state index in [9.17, 15) is 13.2 Å². The first kappa shape index (κ1) is 11.9. The topological polar surface area (TPSA) is 18.5 Å². The minimum Gasteiger partial charge on any atom is -0.360 e. The second-order valence-electron chi connectivity index (χ2n) is 2.23. The normalized spacial score (nSPS) is 15.2. The molecule has 0 aliphatic heterocycles. The molecule has 0 bridgehead atoms. The van der Waals surface area contributed by atoms with Gasteiger partial charge in [0.15, 0.2) is 0 Å². The molecule has 0 amide bonds. The van der Waals surface area contributed by atoms with Gasteiger partial charge in [-0.25, -0.2) is 0 Å². The van der Waals surface area contributed by atoms with Crippen molar-refractivity contribution in [1.29, 1.82) is 0 Å². The Morgan fingerprint density at radius 1 is 1.17 bits per heavy atom. The van der Waals surface area contributed by atoms with E-state index in [0.717, 1.165) is 6.92 Å². The van der Waals surface area contributed by atoms with Crippen LogP contribution in [0, 0.1) is 0 Å². The first-order valence-corrected chi connectivity index (χ1v) is 4.45. The molecule has 0 rings (SSSR count). The van der Waals surface area contributed by atoms with Crippen LogP contribution in [-0.4, -0.2) is 35.8 Å². The number of rotatable bonds is 4. The van der Waals surface area contributed by atoms with Crippen molar-refractivity contribution in [3.8, 4) is 0 Å². The maximum absolute atomic E-state index is 12.0. The molecular formula is C6H11F3O2Si. The Kier molecular flexibility index (Phi) is 4.80. The number of alkyl halides is 3. The Morgan fingerprint density at radius 2 is 1.58 bits per heavy atom. The second kappa shape index (κ2) is 4.83. The highest BCUT2D eigenvalue weighted by molar-refractivity contribution is 6.38. The van der Waals surface area contributed by atoms with Crippen molar-refractivity contribution >= 4 is 9.52 Å². The number of halogens is 3. The second-order valence-corrected chi connectivity index (χ2v) is 3.90. The van der Waals surface area contributed by atoms with Crippen molar-refractivity contribution in [2.24, 2.45) is 0 Å². The van der Waals surface area contributed by atoms with Gasteiger partial charge in [-0.15, -0.1) is 0 Å². The molecule has 72 valence electrons. The SMILES string of the molecule is COC(OC)[Si]C(C)C(F)(F)F. The summed E-state index contributed by atoms with van der Waals surface area (Å²) < 4.78 is 45.2. The van der Waals surface area contributed by atoms with Crippen LogP contribution in [0.4, 0.5) is 13.2 Å². The van der Waals surface area contributed by atoms with Crippen LogP contribution >= 0.6 is 0 Å². The van der Waals surface area contributed by atoms with E-state index in [1.54, 1.807) is 0 Å². The largest absolute Gasteiger partial charge is 0.389 e. The van der Waals surface area contributed by atoms with Gasteiger partial charge in [-0.1, -0.05) is 6.92 Å². The minimum absolute atomic E-state index is 0.421. The fourth-order valence-electron chi connectivity index (χ4n) is 0.531. The standard InChI is InChI=1S/C6H11F3O2Si/c1-4(6(7,8)9)12-5(10-2)11-3/h4-5H,1-3H3. The third-order valence-corrected chi connectivity index (χ3v) is 2.88. The zero-order valence-corrected chi connectivity index (χ0v) is 8.11. The smallest absolute Gasteiger partial charge is 0.360 e. The quantitative estimate of drug-likeness (QED) is 0.507. The average molecular weight is 200 g/mol. The fraction of sp³-hybridized carbons (Fsp3) is 1.00. The van der Waals surface area contributed by atoms with Crippen LogP contribution in [0.15, 0.2) is 0 Å². The van der Waals surface area contributed by atoms with Gasteiger partial charge < -0.3 is 9.47 Å². The van der Waals surface area contributed by atoms with Gasteiger partial charge in [0, 0.05) is 19.8 Å². The van der Waals surface area contributed by atoms with E-state index in [1.807, 2.05) is 0 Å². The number of hydrogen-bond donors (Lipinski definition) is 0. The first-order chi connectivity index (χ1) is 5.41. The molecule has 0 aromatic carbocycles. The van der Waals surface area contributed by atoms with Crippen LogP contribution in [0.1, 0.15) is 6.92 Å². The van der Waals surface area contributed by atoms with E-state index in [-0.39, 0.29) is 0 Å². The van der Waals surface area contributed by atoms with Gasteiger partial charge in [0.05, 0.1) is 0 Å². The summed E-state index contributed by atoms with van der Waals surface area (Å²) in [6, 6.07) is 0. The zero-order chi connectivity index (χ0) is 9.78. The predicted molar refractivity (Wildman–Crippen MR) is 39.0 cm³/mol. The van der Waals surface area contributed by atoms with Gasteiger partial charge in [0.1, 0.15) is 15.4 Å². The molecule has 2 radical (unpaired) electrons. The lowest BCUT2D eigenvalue weighted by atomic mass is 10.5. The van der Waals surface area contributed by atoms with Crippen molar-refractivity contribution in [3.05, 3.63) is 0 Å². The Labute approximate surface area is 71.9 Å². The number of methoxy groups -OCH3 is 2. The summed E-state index contributed by atoms with van der Waals surface area (Å²) in [5.41, 5.74) is -1.37. The average Bonchev–Trinajstić information content (AvgIpc) is 1.97. The molecular weight excluding hydrogens is 189 g/mol. The molecule has 0 saturated carbocycles. The minimum atomic E-state index is -4.16. The lowest BCUT2D eigenvalue weighted by Gasteiger charge is -2.19. The van der Waals surface area contributed by atoms with E-state index in [1.165, 1.54) is 14.2 Å². The summed E-state index contributed by atoms with van der Waals surface area (Å²) in [6.07, 6.45) is -4.16. The van der Waals surface area contributed by atoms with E-state index >= 15 is 0 Å². The first-order valence-electron chi connectivity index (χ1n) is 3.30. The Balaban J connectivity index is 3.90. The lowest BCUT2D eigenvalue weighted by Crippen LogP contribution is -2.31. The van der Waals surface area contributed by atoms with Gasteiger partial charge in [0.25, 0.3) is 0 Å². The number of ether oxygens (including phenoxy) is 2. The van der Waals surface area contributed by atoms with Crippen LogP contribution in [0.3, 0.4) is 0 Å². The van der Waals surface area contributed by atoms with Crippen LogP contribution in [0.2, 0.25) is 5.54 Å². The van der Waals surface area contributed by atoms with Crippen LogP contribution in [0.5, 0.6) is 0 Å². The molecule has 6 heteroatoms. The van der Waals surface area contributed by atoms with Gasteiger partial charge in [-0.05, 0) is 0 Å². The molecule has 1 atom stereocenters. The van der Waals surface area contributed by atoms with Crippen molar-refractivity contribution in [2.75, 3.05) is 14.2 Å². The number of hydrogen-bond acceptors (Lipinski definition) is 2. The van der Waals surface area contributed by atoms with E-state index in [0.29, 0.717) is 0 Å². The zero-order valence-electron chi connectivity index (χ0n) is 7.11. The third kappa shape index (κ3) is 4.08. The maximum Gasteiger partial charge on any atom is 0.389 e. The Morgan fingerprint density at radius 3 is 1.83 bits per heavy atom. The Bertz CT molecular complexity index is 124. The van der Waals surface area contributed by atoms with Crippen molar-refractivity contribution in [2.45, 2.75) is 24.6 Å². The molecule has 0 N–H and O–H groups in total. The molecule has 0 saturated heterocycles. The summed E-state index contributed by atoms with van der Waals surface area (Å²) in [4.78, 5) is 0. The summed E-state index contributed by atoms with van der Waals surface area (Å²) in [6.45, 7) is 1.11. The van der Waals surface area contributed by atoms with Crippen LogP contribution < -0.4 is 0 Å². The molecule has 0 aliphatic rings. The lowest BCUT2D eigenvalue weighted by molar-refractivity contribution is -0.134. The van der Waals surface area contributed by atoms with Gasteiger partial charge in [0.2, 0.25) is 0 Å². The van der Waals surface area contributed by atoms with Crippen LogP contribution in [0.25, 0.3) is 0 Å². The van der Waals surface area contributed by atoms with Crippen molar-refractivity contribution < 1.29 is 22.6 Å². The fourth-order valence-corrected chi connectivity index (χ4v) is 1.40. The van der Waals surface area contributed by atoms with Gasteiger partial charge in [-0.3, -0.25) is 0 Å². The predicted octanol–water partition coefficient (Wildman–Crippen LogP) is 1.64. The molecule has 2 nitrogen and oxygen atoms in total. The summed E-state index contributed by atoms with van der Waals surface area (Å²) >= 11 is 0. The van der Waals surface area contributed by atoms with Crippen molar-refractivity contribution in [1.82, 2.24) is 0 Å². The molecule has 0 aromatic rings. The molecule has 12 heavy (non-hydrogen) atoms. The monoisotopic (exact) mass is 200 g/mol. The molecule has 0 fully saturated rings. The van der Waals surface area contributed by atoms with Gasteiger partial charge >= 0.3 is 6.18 Å². The van der Waals surface area contributed by atoms with Crippen molar-refractivity contribution in [3.63, 3.8) is 0 Å². The molecule has 0 aromatic heterocycles. The highest BCUT2D eigenvalue weighted by Crippen LogP contribution is 2.30. The summed E-state index contributed by atoms with van der Waals surface area (Å²) in [5, 5.41) is 0. The molecule has 0 heterocycles. The maximum atomic E-state index is 12.0. The highest BCUT2D eigenvalue weighted by atomic mass is 28.2. The van der Waals surface area contributed by atoms with E-state index in [2.05, 4.69) is 9.47 Å². The molecule has 0 spiro atoms. The highest BCUT2D eigenvalue weighted by Gasteiger charge is 2.38. The summed E-state index contributed by atoms with van der Waals surface area (Å²) in [7, 11) is 2.23. The Hall–Kier alpha value is -0.0731. The third-order valence-electron chi connectivity index (χ3n) is 1.31. The van der Waals surface area contributed by atoms with Gasteiger partial charge in [-0.2, -0.15) is 13.2 Å².